The molecule has 0 radical (unpaired) electrons. The molecule has 5 nitrogen and oxygen atoms in total. The van der Waals surface area contributed by atoms with E-state index in [-0.39, 0.29) is 15.5 Å². The van der Waals surface area contributed by atoms with E-state index in [1.165, 1.54) is 24.3 Å². The summed E-state index contributed by atoms with van der Waals surface area (Å²) < 4.78 is 49.8. The predicted molar refractivity (Wildman–Crippen MR) is 125 cm³/mol. The smallest absolute Gasteiger partial charge is 0.405 e. The fraction of sp³-hybridized carbons (Fsp3) is 0.333. The van der Waals surface area contributed by atoms with Gasteiger partial charge in [-0.15, -0.1) is 13.2 Å². The minimum absolute atomic E-state index is 0.106. The van der Waals surface area contributed by atoms with Crippen molar-refractivity contribution >= 4 is 40.6 Å². The van der Waals surface area contributed by atoms with Crippen LogP contribution in [0.2, 0.25) is 5.02 Å². The zero-order valence-corrected chi connectivity index (χ0v) is 20.3. The summed E-state index contributed by atoms with van der Waals surface area (Å²) in [5, 5.41) is 1.86. The van der Waals surface area contributed by atoms with Crippen molar-refractivity contribution in [2.45, 2.75) is 45.1 Å². The third-order valence-electron chi connectivity index (χ3n) is 5.74. The highest BCUT2D eigenvalue weighted by molar-refractivity contribution is 8.18. The standard InChI is InChI=1S/C24H21ClF3NO4S/c1-22(2)11-32-23(3,4)16-10-17(25)13(9-15(16)22)14-7-12(5-6-18(14)33-24(26,27)28)8-19-20(30)29-21(31)34-19/h5-10H,11H2,1-4H3,(H,29,30,31). The van der Waals surface area contributed by atoms with Crippen LogP contribution in [-0.2, 0) is 20.5 Å². The maximum atomic E-state index is 13.2. The second kappa shape index (κ2) is 8.32. The number of carbonyl (C=O) groups is 2. The summed E-state index contributed by atoms with van der Waals surface area (Å²) >= 11 is 7.32. The van der Waals surface area contributed by atoms with Gasteiger partial charge in [0.2, 0.25) is 0 Å². The van der Waals surface area contributed by atoms with Gasteiger partial charge in [-0.1, -0.05) is 31.5 Å². The van der Waals surface area contributed by atoms with Crippen molar-refractivity contribution in [1.82, 2.24) is 5.32 Å². The minimum Gasteiger partial charge on any atom is -0.405 e. The van der Waals surface area contributed by atoms with Gasteiger partial charge >= 0.3 is 6.36 Å². The summed E-state index contributed by atoms with van der Waals surface area (Å²) in [6.07, 6.45) is -3.49. The van der Waals surface area contributed by atoms with Gasteiger partial charge in [-0.25, -0.2) is 0 Å². The molecule has 0 aromatic heterocycles. The van der Waals surface area contributed by atoms with Crippen molar-refractivity contribution in [3.05, 3.63) is 56.9 Å². The molecule has 4 rings (SSSR count). The summed E-state index contributed by atoms with van der Waals surface area (Å²) in [6, 6.07) is 7.49. The number of imide groups is 1. The van der Waals surface area contributed by atoms with Crippen LogP contribution >= 0.6 is 23.4 Å². The predicted octanol–water partition coefficient (Wildman–Crippen LogP) is 6.77. The number of halogens is 4. The maximum Gasteiger partial charge on any atom is 0.573 e. The zero-order valence-electron chi connectivity index (χ0n) is 18.7. The van der Waals surface area contributed by atoms with Crippen molar-refractivity contribution in [2.24, 2.45) is 0 Å². The van der Waals surface area contributed by atoms with Gasteiger partial charge in [-0.2, -0.15) is 0 Å². The maximum absolute atomic E-state index is 13.2. The van der Waals surface area contributed by atoms with Gasteiger partial charge in [0, 0.05) is 21.6 Å². The SMILES string of the molecule is CC1(C)COC(C)(C)c2cc(Cl)c(-c3cc(C=C4SC(=O)NC4=O)ccc3OC(F)(F)F)cc21. The number of alkyl halides is 3. The minimum atomic E-state index is -4.92. The van der Waals surface area contributed by atoms with Crippen molar-refractivity contribution in [3.8, 4) is 16.9 Å². The van der Waals surface area contributed by atoms with Crippen LogP contribution in [0.5, 0.6) is 5.75 Å². The molecule has 0 unspecified atom stereocenters. The summed E-state index contributed by atoms with van der Waals surface area (Å²) in [4.78, 5) is 23.5. The number of fused-ring (bicyclic) bond motifs is 1. The lowest BCUT2D eigenvalue weighted by molar-refractivity contribution is -0.274. The van der Waals surface area contributed by atoms with Crippen LogP contribution in [-0.4, -0.2) is 24.1 Å². The molecule has 0 spiro atoms. The van der Waals surface area contributed by atoms with E-state index in [1.807, 2.05) is 27.7 Å². The highest BCUT2D eigenvalue weighted by atomic mass is 35.5. The van der Waals surface area contributed by atoms with E-state index in [4.69, 9.17) is 16.3 Å². The van der Waals surface area contributed by atoms with Crippen LogP contribution in [0.1, 0.15) is 44.4 Å². The zero-order chi connectivity index (χ0) is 25.1. The van der Waals surface area contributed by atoms with Crippen molar-refractivity contribution in [3.63, 3.8) is 0 Å². The molecule has 1 N–H and O–H groups in total. The Bertz CT molecular complexity index is 1240. The third kappa shape index (κ3) is 4.82. The Balaban J connectivity index is 1.91. The van der Waals surface area contributed by atoms with Crippen molar-refractivity contribution in [2.75, 3.05) is 6.61 Å². The molecule has 0 atom stereocenters. The fourth-order valence-electron chi connectivity index (χ4n) is 3.99. The first-order valence-corrected chi connectivity index (χ1v) is 11.5. The van der Waals surface area contributed by atoms with Gasteiger partial charge in [0.15, 0.2) is 0 Å². The van der Waals surface area contributed by atoms with E-state index < -0.39 is 34.3 Å². The number of rotatable bonds is 3. The molecule has 1 saturated heterocycles. The average Bonchev–Trinajstić information content (AvgIpc) is 3.02. The van der Waals surface area contributed by atoms with Crippen LogP contribution in [0.4, 0.5) is 18.0 Å². The first kappa shape index (κ1) is 24.6. The van der Waals surface area contributed by atoms with E-state index in [0.29, 0.717) is 29.5 Å². The number of hydrogen-bond donors (Lipinski definition) is 1. The Labute approximate surface area is 203 Å². The molecule has 34 heavy (non-hydrogen) atoms. The van der Waals surface area contributed by atoms with Gasteiger partial charge in [-0.3, -0.25) is 14.9 Å². The summed E-state index contributed by atoms with van der Waals surface area (Å²) in [5.41, 5.74) is 1.60. The Morgan fingerprint density at radius 1 is 1.09 bits per heavy atom. The molecule has 2 heterocycles. The van der Waals surface area contributed by atoms with E-state index in [9.17, 15) is 22.8 Å². The Morgan fingerprint density at radius 2 is 1.79 bits per heavy atom. The Kier molecular flexibility index (Phi) is 6.03. The molecule has 2 aliphatic rings. The molecule has 2 aromatic rings. The first-order valence-electron chi connectivity index (χ1n) is 10.3. The molecule has 0 aliphatic carbocycles. The Morgan fingerprint density at radius 3 is 2.41 bits per heavy atom. The van der Waals surface area contributed by atoms with Crippen LogP contribution < -0.4 is 10.1 Å². The van der Waals surface area contributed by atoms with Gasteiger partial charge in [-0.05, 0) is 72.6 Å². The lowest BCUT2D eigenvalue weighted by Gasteiger charge is -2.42. The monoisotopic (exact) mass is 511 g/mol. The van der Waals surface area contributed by atoms with E-state index in [0.717, 1.165) is 11.1 Å². The van der Waals surface area contributed by atoms with Crippen molar-refractivity contribution in [1.29, 1.82) is 0 Å². The molecular weight excluding hydrogens is 491 g/mol. The number of benzene rings is 2. The summed E-state index contributed by atoms with van der Waals surface area (Å²) in [6.45, 7) is 8.22. The molecule has 2 aliphatic heterocycles. The molecule has 1 fully saturated rings. The van der Waals surface area contributed by atoms with Crippen LogP contribution in [0.25, 0.3) is 17.2 Å². The number of thioether (sulfide) groups is 1. The van der Waals surface area contributed by atoms with E-state index in [2.05, 4.69) is 10.1 Å². The quantitative estimate of drug-likeness (QED) is 0.460. The average molecular weight is 512 g/mol. The van der Waals surface area contributed by atoms with Crippen LogP contribution in [0.3, 0.4) is 0 Å². The van der Waals surface area contributed by atoms with E-state index >= 15 is 0 Å². The largest absolute Gasteiger partial charge is 0.573 e. The van der Waals surface area contributed by atoms with E-state index in [1.54, 1.807) is 12.1 Å². The number of hydrogen-bond acceptors (Lipinski definition) is 5. The lowest BCUT2D eigenvalue weighted by atomic mass is 9.74. The van der Waals surface area contributed by atoms with Gasteiger partial charge in [0.05, 0.1) is 17.1 Å². The summed E-state index contributed by atoms with van der Waals surface area (Å²) in [5.74, 6) is -0.997. The van der Waals surface area contributed by atoms with Gasteiger partial charge < -0.3 is 9.47 Å². The Hall–Kier alpha value is -2.49. The molecule has 0 bridgehead atoms. The fourth-order valence-corrected chi connectivity index (χ4v) is 4.94. The van der Waals surface area contributed by atoms with Crippen LogP contribution in [0, 0.1) is 0 Å². The number of carbonyl (C=O) groups excluding carboxylic acids is 2. The molecule has 2 aromatic carbocycles. The number of ether oxygens (including phenoxy) is 2. The molecule has 10 heteroatoms. The first-order chi connectivity index (χ1) is 15.7. The highest BCUT2D eigenvalue weighted by Crippen LogP contribution is 2.47. The topological polar surface area (TPSA) is 64.6 Å². The van der Waals surface area contributed by atoms with Gasteiger partial charge in [0.25, 0.3) is 11.1 Å². The molecule has 180 valence electrons. The van der Waals surface area contributed by atoms with Gasteiger partial charge in [0.1, 0.15) is 5.75 Å². The molecule has 0 saturated carbocycles. The normalized spacial score (nSPS) is 20.3. The lowest BCUT2D eigenvalue weighted by Crippen LogP contribution is -2.39. The van der Waals surface area contributed by atoms with Crippen LogP contribution in [0.15, 0.2) is 35.2 Å². The molecular formula is C24H21ClF3NO4S. The second-order valence-electron chi connectivity index (χ2n) is 9.22. The summed E-state index contributed by atoms with van der Waals surface area (Å²) in [7, 11) is 0. The second-order valence-corrected chi connectivity index (χ2v) is 10.6. The van der Waals surface area contributed by atoms with Crippen molar-refractivity contribution < 1.29 is 32.2 Å². The highest BCUT2D eigenvalue weighted by Gasteiger charge is 2.39. The third-order valence-corrected chi connectivity index (χ3v) is 6.86. The molecule has 2 amide bonds. The number of amides is 2. The number of nitrogens with one attached hydrogen (secondary N) is 1.